The molecular weight excluding hydrogens is 207 g/mol. The lowest BCUT2D eigenvalue weighted by Gasteiger charge is -2.07. The molecule has 4 N–H and O–H groups in total. The third-order valence-corrected chi connectivity index (χ3v) is 2.06. The van der Waals surface area contributed by atoms with E-state index in [1.807, 2.05) is 0 Å². The smallest absolute Gasteiger partial charge is 0.146 e. The van der Waals surface area contributed by atoms with Crippen LogP contribution in [0.25, 0.3) is 0 Å². The van der Waals surface area contributed by atoms with Gasteiger partial charge in [-0.05, 0) is 24.3 Å². The Morgan fingerprint density at radius 1 is 0.938 bits per heavy atom. The van der Waals surface area contributed by atoms with Crippen LogP contribution >= 0.6 is 0 Å². The third kappa shape index (κ3) is 2.23. The van der Waals surface area contributed by atoms with Crippen molar-refractivity contribution < 1.29 is 9.13 Å². The van der Waals surface area contributed by atoms with Gasteiger partial charge >= 0.3 is 0 Å². The summed E-state index contributed by atoms with van der Waals surface area (Å²) in [5.74, 6) is 0.607. The first-order valence-electron chi connectivity index (χ1n) is 4.73. The summed E-state index contributed by atoms with van der Waals surface area (Å²) in [5, 5.41) is 0. The van der Waals surface area contributed by atoms with Crippen LogP contribution < -0.4 is 16.2 Å². The minimum Gasteiger partial charge on any atom is -0.457 e. The standard InChI is InChI=1S/C12H11FN2O/c13-11-5-4-10(7-12(11)15)16-9-3-1-2-8(14)6-9/h1-7H,14-15H2. The van der Waals surface area contributed by atoms with Crippen LogP contribution in [-0.4, -0.2) is 0 Å². The number of ether oxygens (including phenoxy) is 1. The summed E-state index contributed by atoms with van der Waals surface area (Å²) >= 11 is 0. The zero-order valence-corrected chi connectivity index (χ0v) is 8.48. The molecule has 0 spiro atoms. The highest BCUT2D eigenvalue weighted by atomic mass is 19.1. The monoisotopic (exact) mass is 218 g/mol. The molecule has 0 fully saturated rings. The molecule has 0 aliphatic heterocycles. The van der Waals surface area contributed by atoms with Crippen LogP contribution in [0.5, 0.6) is 11.5 Å². The molecule has 82 valence electrons. The maximum Gasteiger partial charge on any atom is 0.146 e. The van der Waals surface area contributed by atoms with E-state index in [-0.39, 0.29) is 5.69 Å². The van der Waals surface area contributed by atoms with Crippen molar-refractivity contribution in [1.82, 2.24) is 0 Å². The summed E-state index contributed by atoms with van der Waals surface area (Å²) in [6.07, 6.45) is 0. The molecule has 2 aromatic carbocycles. The maximum absolute atomic E-state index is 12.9. The molecule has 2 rings (SSSR count). The molecule has 0 atom stereocenters. The van der Waals surface area contributed by atoms with Gasteiger partial charge in [-0.2, -0.15) is 0 Å². The zero-order valence-electron chi connectivity index (χ0n) is 8.48. The van der Waals surface area contributed by atoms with E-state index in [2.05, 4.69) is 0 Å². The first-order chi connectivity index (χ1) is 7.65. The average Bonchev–Trinajstić information content (AvgIpc) is 2.24. The molecule has 3 nitrogen and oxygen atoms in total. The van der Waals surface area contributed by atoms with Crippen molar-refractivity contribution in [1.29, 1.82) is 0 Å². The van der Waals surface area contributed by atoms with Gasteiger partial charge in [0, 0.05) is 17.8 Å². The van der Waals surface area contributed by atoms with Crippen molar-refractivity contribution in [3.8, 4) is 11.5 Å². The topological polar surface area (TPSA) is 61.3 Å². The molecular formula is C12H11FN2O. The SMILES string of the molecule is Nc1cccc(Oc2ccc(F)c(N)c2)c1. The number of hydrogen-bond acceptors (Lipinski definition) is 3. The molecule has 0 radical (unpaired) electrons. The maximum atomic E-state index is 12.9. The molecule has 16 heavy (non-hydrogen) atoms. The molecule has 0 aliphatic carbocycles. The molecule has 4 heteroatoms. The summed E-state index contributed by atoms with van der Waals surface area (Å²) in [6.45, 7) is 0. The summed E-state index contributed by atoms with van der Waals surface area (Å²) in [7, 11) is 0. The number of nitrogens with two attached hydrogens (primary N) is 2. The van der Waals surface area contributed by atoms with Gasteiger partial charge in [0.2, 0.25) is 0 Å². The van der Waals surface area contributed by atoms with Gasteiger partial charge in [0.15, 0.2) is 0 Å². The van der Waals surface area contributed by atoms with Gasteiger partial charge in [-0.3, -0.25) is 0 Å². The van der Waals surface area contributed by atoms with E-state index < -0.39 is 5.82 Å². The molecule has 0 amide bonds. The first-order valence-corrected chi connectivity index (χ1v) is 4.73. The van der Waals surface area contributed by atoms with E-state index in [1.54, 1.807) is 24.3 Å². The number of nitrogen functional groups attached to an aromatic ring is 2. The Bertz CT molecular complexity index is 514. The van der Waals surface area contributed by atoms with Gasteiger partial charge in [-0.1, -0.05) is 6.07 Å². The van der Waals surface area contributed by atoms with Crippen LogP contribution in [0.1, 0.15) is 0 Å². The molecule has 0 heterocycles. The van der Waals surface area contributed by atoms with Crippen molar-refractivity contribution in [2.24, 2.45) is 0 Å². The molecule has 0 bridgehead atoms. The van der Waals surface area contributed by atoms with E-state index in [1.165, 1.54) is 18.2 Å². The van der Waals surface area contributed by atoms with Crippen LogP contribution in [0.2, 0.25) is 0 Å². The Kier molecular flexibility index (Phi) is 2.64. The normalized spacial score (nSPS) is 10.1. The van der Waals surface area contributed by atoms with Crippen molar-refractivity contribution in [3.63, 3.8) is 0 Å². The van der Waals surface area contributed by atoms with E-state index in [0.717, 1.165) is 0 Å². The fourth-order valence-corrected chi connectivity index (χ4v) is 1.30. The average molecular weight is 218 g/mol. The van der Waals surface area contributed by atoms with Gasteiger partial charge < -0.3 is 16.2 Å². The number of benzene rings is 2. The quantitative estimate of drug-likeness (QED) is 0.762. The second-order valence-electron chi connectivity index (χ2n) is 3.36. The summed E-state index contributed by atoms with van der Waals surface area (Å²) < 4.78 is 18.4. The number of hydrogen-bond donors (Lipinski definition) is 2. The van der Waals surface area contributed by atoms with Gasteiger partial charge in [0.1, 0.15) is 17.3 Å². The zero-order chi connectivity index (χ0) is 11.5. The van der Waals surface area contributed by atoms with Crippen molar-refractivity contribution >= 4 is 11.4 Å². The van der Waals surface area contributed by atoms with E-state index >= 15 is 0 Å². The van der Waals surface area contributed by atoms with Crippen LogP contribution in [0.3, 0.4) is 0 Å². The fraction of sp³-hybridized carbons (Fsp3) is 0. The van der Waals surface area contributed by atoms with Crippen LogP contribution in [-0.2, 0) is 0 Å². The third-order valence-electron chi connectivity index (χ3n) is 2.06. The molecule has 0 aliphatic rings. The van der Waals surface area contributed by atoms with Crippen molar-refractivity contribution in [2.45, 2.75) is 0 Å². The highest BCUT2D eigenvalue weighted by Gasteiger charge is 2.02. The van der Waals surface area contributed by atoms with Gasteiger partial charge in [0.25, 0.3) is 0 Å². The van der Waals surface area contributed by atoms with E-state index in [4.69, 9.17) is 16.2 Å². The predicted octanol–water partition coefficient (Wildman–Crippen LogP) is 2.78. The van der Waals surface area contributed by atoms with Crippen LogP contribution in [0, 0.1) is 5.82 Å². The molecule has 0 unspecified atom stereocenters. The first kappa shape index (κ1) is 10.3. The Hall–Kier alpha value is -2.23. The minimum atomic E-state index is -0.458. The van der Waals surface area contributed by atoms with Crippen molar-refractivity contribution in [3.05, 3.63) is 48.3 Å². The molecule has 2 aromatic rings. The largest absolute Gasteiger partial charge is 0.457 e. The van der Waals surface area contributed by atoms with Gasteiger partial charge in [-0.25, -0.2) is 4.39 Å². The Morgan fingerprint density at radius 3 is 2.38 bits per heavy atom. The fourth-order valence-electron chi connectivity index (χ4n) is 1.30. The second kappa shape index (κ2) is 4.10. The predicted molar refractivity (Wildman–Crippen MR) is 61.7 cm³/mol. The minimum absolute atomic E-state index is 0.0569. The lowest BCUT2D eigenvalue weighted by Crippen LogP contribution is -1.92. The molecule has 0 aromatic heterocycles. The van der Waals surface area contributed by atoms with E-state index in [9.17, 15) is 4.39 Å². The van der Waals surface area contributed by atoms with Gasteiger partial charge in [0.05, 0.1) is 5.69 Å². The summed E-state index contributed by atoms with van der Waals surface area (Å²) in [5.41, 5.74) is 11.7. The highest BCUT2D eigenvalue weighted by molar-refractivity contribution is 5.48. The number of rotatable bonds is 2. The molecule has 0 saturated heterocycles. The van der Waals surface area contributed by atoms with Crippen molar-refractivity contribution in [2.75, 3.05) is 11.5 Å². The van der Waals surface area contributed by atoms with Crippen LogP contribution in [0.4, 0.5) is 15.8 Å². The van der Waals surface area contributed by atoms with Crippen LogP contribution in [0.15, 0.2) is 42.5 Å². The lowest BCUT2D eigenvalue weighted by molar-refractivity contribution is 0.481. The summed E-state index contributed by atoms with van der Waals surface area (Å²) in [4.78, 5) is 0. The Morgan fingerprint density at radius 2 is 1.69 bits per heavy atom. The second-order valence-corrected chi connectivity index (χ2v) is 3.36. The Balaban J connectivity index is 2.24. The highest BCUT2D eigenvalue weighted by Crippen LogP contribution is 2.25. The Labute approximate surface area is 92.4 Å². The number of halogens is 1. The number of anilines is 2. The van der Waals surface area contributed by atoms with E-state index in [0.29, 0.717) is 17.2 Å². The summed E-state index contributed by atoms with van der Waals surface area (Å²) in [6, 6.07) is 11.2. The van der Waals surface area contributed by atoms with Gasteiger partial charge in [-0.15, -0.1) is 0 Å². The molecule has 0 saturated carbocycles. The lowest BCUT2D eigenvalue weighted by atomic mass is 10.3.